The van der Waals surface area contributed by atoms with Crippen molar-refractivity contribution < 1.29 is 14.1 Å². The number of benzene rings is 1. The molecule has 1 aliphatic rings. The van der Waals surface area contributed by atoms with E-state index in [2.05, 4.69) is 15.4 Å². The molecule has 0 spiro atoms. The van der Waals surface area contributed by atoms with Crippen LogP contribution in [-0.2, 0) is 9.53 Å². The van der Waals surface area contributed by atoms with E-state index >= 15 is 0 Å². The van der Waals surface area contributed by atoms with Gasteiger partial charge in [-0.05, 0) is 20.8 Å². The lowest BCUT2D eigenvalue weighted by Gasteiger charge is -2.34. The third-order valence-electron chi connectivity index (χ3n) is 3.98. The number of hydrogen-bond acceptors (Lipinski definition) is 5. The first-order valence-electron chi connectivity index (χ1n) is 8.21. The highest BCUT2D eigenvalue weighted by molar-refractivity contribution is 5.91. The fourth-order valence-corrected chi connectivity index (χ4v) is 2.99. The number of nitrogens with zero attached hydrogens (tertiary/aromatic N) is 2. The molecular weight excluding hydrogens is 306 g/mol. The minimum absolute atomic E-state index is 0.108. The minimum atomic E-state index is -0.108. The molecular formula is C18H23N3O3. The highest BCUT2D eigenvalue weighted by Gasteiger charge is 2.24. The zero-order chi connectivity index (χ0) is 17.1. The highest BCUT2D eigenvalue weighted by atomic mass is 16.5. The summed E-state index contributed by atoms with van der Waals surface area (Å²) in [5.41, 5.74) is 2.85. The SMILES string of the molecule is Cc1ccc(-c2cc(NC(=O)CN3C[C@@H](C)O[C@H](C)C3)on2)cc1. The molecule has 128 valence electrons. The Balaban J connectivity index is 1.58. The smallest absolute Gasteiger partial charge is 0.240 e. The van der Waals surface area contributed by atoms with Gasteiger partial charge in [-0.3, -0.25) is 15.0 Å². The van der Waals surface area contributed by atoms with Crippen molar-refractivity contribution in [2.75, 3.05) is 25.0 Å². The van der Waals surface area contributed by atoms with E-state index < -0.39 is 0 Å². The van der Waals surface area contributed by atoms with E-state index in [1.165, 1.54) is 5.56 Å². The Morgan fingerprint density at radius 2 is 1.92 bits per heavy atom. The first-order chi connectivity index (χ1) is 11.5. The number of anilines is 1. The molecule has 2 heterocycles. The molecule has 0 unspecified atom stereocenters. The molecule has 0 aliphatic carbocycles. The molecule has 6 nitrogen and oxygen atoms in total. The van der Waals surface area contributed by atoms with Crippen LogP contribution in [0, 0.1) is 6.92 Å². The van der Waals surface area contributed by atoms with Gasteiger partial charge in [0, 0.05) is 24.7 Å². The van der Waals surface area contributed by atoms with E-state index in [-0.39, 0.29) is 18.1 Å². The van der Waals surface area contributed by atoms with Gasteiger partial charge >= 0.3 is 0 Å². The van der Waals surface area contributed by atoms with Gasteiger partial charge in [-0.1, -0.05) is 35.0 Å². The number of aromatic nitrogens is 1. The standard InChI is InChI=1S/C18H23N3O3/c1-12-4-6-15(7-5-12)16-8-18(24-20-16)19-17(22)11-21-9-13(2)23-14(3)10-21/h4-8,13-14H,9-11H2,1-3H3,(H,19,22)/t13-,14-/m1/s1. The average Bonchev–Trinajstić information content (AvgIpc) is 2.95. The van der Waals surface area contributed by atoms with Gasteiger partial charge in [-0.2, -0.15) is 0 Å². The number of ether oxygens (including phenoxy) is 1. The quantitative estimate of drug-likeness (QED) is 0.934. The van der Waals surface area contributed by atoms with E-state index in [9.17, 15) is 4.79 Å². The van der Waals surface area contributed by atoms with Crippen LogP contribution in [0.25, 0.3) is 11.3 Å². The second kappa shape index (κ2) is 7.15. The molecule has 0 saturated carbocycles. The predicted molar refractivity (Wildman–Crippen MR) is 91.8 cm³/mol. The summed E-state index contributed by atoms with van der Waals surface area (Å²) < 4.78 is 10.9. The molecule has 1 N–H and O–H groups in total. The predicted octanol–water partition coefficient (Wildman–Crippen LogP) is 2.70. The van der Waals surface area contributed by atoms with Gasteiger partial charge in [0.2, 0.25) is 11.8 Å². The van der Waals surface area contributed by atoms with Crippen molar-refractivity contribution in [2.45, 2.75) is 33.0 Å². The number of aryl methyl sites for hydroxylation is 1. The number of carbonyl (C=O) groups excluding carboxylic acids is 1. The summed E-state index contributed by atoms with van der Waals surface area (Å²) in [4.78, 5) is 14.3. The van der Waals surface area contributed by atoms with Crippen molar-refractivity contribution in [1.29, 1.82) is 0 Å². The van der Waals surface area contributed by atoms with Crippen LogP contribution in [0.4, 0.5) is 5.88 Å². The van der Waals surface area contributed by atoms with Crippen molar-refractivity contribution in [2.24, 2.45) is 0 Å². The summed E-state index contributed by atoms with van der Waals surface area (Å²) >= 11 is 0. The number of hydrogen-bond donors (Lipinski definition) is 1. The van der Waals surface area contributed by atoms with Gasteiger partial charge < -0.3 is 9.26 Å². The van der Waals surface area contributed by atoms with Crippen LogP contribution in [-0.4, -0.2) is 47.8 Å². The van der Waals surface area contributed by atoms with Crippen LogP contribution in [0.3, 0.4) is 0 Å². The summed E-state index contributed by atoms with van der Waals surface area (Å²) in [6.45, 7) is 7.89. The van der Waals surface area contributed by atoms with E-state index in [0.29, 0.717) is 18.1 Å². The number of morpholine rings is 1. The molecule has 1 amide bonds. The maximum atomic E-state index is 12.2. The van der Waals surface area contributed by atoms with Crippen molar-refractivity contribution >= 4 is 11.8 Å². The summed E-state index contributed by atoms with van der Waals surface area (Å²) in [5, 5.41) is 6.79. The Hall–Kier alpha value is -2.18. The third-order valence-corrected chi connectivity index (χ3v) is 3.98. The van der Waals surface area contributed by atoms with E-state index in [0.717, 1.165) is 18.7 Å². The average molecular weight is 329 g/mol. The minimum Gasteiger partial charge on any atom is -0.373 e. The maximum Gasteiger partial charge on any atom is 0.240 e. The largest absolute Gasteiger partial charge is 0.373 e. The Labute approximate surface area is 141 Å². The van der Waals surface area contributed by atoms with Gasteiger partial charge in [-0.15, -0.1) is 0 Å². The molecule has 3 rings (SSSR count). The molecule has 1 aliphatic heterocycles. The third kappa shape index (κ3) is 4.21. The summed E-state index contributed by atoms with van der Waals surface area (Å²) in [7, 11) is 0. The molecule has 1 saturated heterocycles. The van der Waals surface area contributed by atoms with Gasteiger partial charge in [0.15, 0.2) is 0 Å². The lowest BCUT2D eigenvalue weighted by atomic mass is 10.1. The Morgan fingerprint density at radius 3 is 2.58 bits per heavy atom. The summed E-state index contributed by atoms with van der Waals surface area (Å²) in [5.74, 6) is 0.257. The van der Waals surface area contributed by atoms with Gasteiger partial charge in [0.05, 0.1) is 18.8 Å². The van der Waals surface area contributed by atoms with Gasteiger partial charge in [-0.25, -0.2) is 0 Å². The van der Waals surface area contributed by atoms with Crippen LogP contribution >= 0.6 is 0 Å². The molecule has 1 aromatic heterocycles. The molecule has 1 fully saturated rings. The Bertz CT molecular complexity index is 686. The van der Waals surface area contributed by atoms with Crippen molar-refractivity contribution in [3.05, 3.63) is 35.9 Å². The van der Waals surface area contributed by atoms with E-state index in [1.54, 1.807) is 6.07 Å². The van der Waals surface area contributed by atoms with Gasteiger partial charge in [0.1, 0.15) is 5.69 Å². The van der Waals surface area contributed by atoms with Crippen LogP contribution in [0.2, 0.25) is 0 Å². The van der Waals surface area contributed by atoms with E-state index in [4.69, 9.17) is 9.26 Å². The lowest BCUT2D eigenvalue weighted by Crippen LogP contribution is -2.48. The van der Waals surface area contributed by atoms with Crippen molar-refractivity contribution in [3.8, 4) is 11.3 Å². The summed E-state index contributed by atoms with van der Waals surface area (Å²) in [6, 6.07) is 9.74. The first kappa shape index (κ1) is 16.7. The van der Waals surface area contributed by atoms with Crippen molar-refractivity contribution in [1.82, 2.24) is 10.1 Å². The van der Waals surface area contributed by atoms with Crippen LogP contribution in [0.5, 0.6) is 0 Å². The number of nitrogens with one attached hydrogen (secondary N) is 1. The normalized spacial score (nSPS) is 21.6. The molecule has 1 aromatic carbocycles. The molecule has 24 heavy (non-hydrogen) atoms. The monoisotopic (exact) mass is 329 g/mol. The molecule has 2 atom stereocenters. The Morgan fingerprint density at radius 1 is 1.25 bits per heavy atom. The second-order valence-electron chi connectivity index (χ2n) is 6.44. The van der Waals surface area contributed by atoms with Crippen LogP contribution < -0.4 is 5.32 Å². The van der Waals surface area contributed by atoms with Crippen LogP contribution in [0.1, 0.15) is 19.4 Å². The molecule has 0 bridgehead atoms. The van der Waals surface area contributed by atoms with Gasteiger partial charge in [0.25, 0.3) is 0 Å². The topological polar surface area (TPSA) is 67.6 Å². The number of carbonyl (C=O) groups is 1. The Kier molecular flexibility index (Phi) is 4.97. The lowest BCUT2D eigenvalue weighted by molar-refractivity contribution is -0.121. The fourth-order valence-electron chi connectivity index (χ4n) is 2.99. The van der Waals surface area contributed by atoms with Crippen LogP contribution in [0.15, 0.2) is 34.9 Å². The highest BCUT2D eigenvalue weighted by Crippen LogP contribution is 2.22. The molecule has 2 aromatic rings. The zero-order valence-corrected chi connectivity index (χ0v) is 14.3. The summed E-state index contributed by atoms with van der Waals surface area (Å²) in [6.07, 6.45) is 0.278. The zero-order valence-electron chi connectivity index (χ0n) is 14.3. The maximum absolute atomic E-state index is 12.2. The van der Waals surface area contributed by atoms with Crippen molar-refractivity contribution in [3.63, 3.8) is 0 Å². The molecule has 0 radical (unpaired) electrons. The number of rotatable bonds is 4. The van der Waals surface area contributed by atoms with E-state index in [1.807, 2.05) is 45.0 Å². The second-order valence-corrected chi connectivity index (χ2v) is 6.44. The molecule has 6 heteroatoms. The fraction of sp³-hybridized carbons (Fsp3) is 0.444. The number of amides is 1. The first-order valence-corrected chi connectivity index (χ1v) is 8.21.